The molecule has 0 aromatic carbocycles. The summed E-state index contributed by atoms with van der Waals surface area (Å²) in [6.07, 6.45) is -2.86. The fourth-order valence-corrected chi connectivity index (χ4v) is 1.61. The molecule has 0 saturated heterocycles. The maximum atomic E-state index is 11.6. The third-order valence-corrected chi connectivity index (χ3v) is 2.32. The maximum absolute atomic E-state index is 11.6. The van der Waals surface area contributed by atoms with E-state index in [1.165, 1.54) is 13.8 Å². The molecule has 0 amide bonds. The molecule has 142 valence electrons. The van der Waals surface area contributed by atoms with Crippen LogP contribution in [0.5, 0.6) is 0 Å². The summed E-state index contributed by atoms with van der Waals surface area (Å²) in [6, 6.07) is 0. The first-order chi connectivity index (χ1) is 11.2. The lowest BCUT2D eigenvalue weighted by Gasteiger charge is -2.27. The summed E-state index contributed by atoms with van der Waals surface area (Å²) < 4.78 is 29.6. The minimum Gasteiger partial charge on any atom is -0.376 e. The molecule has 0 spiro atoms. The van der Waals surface area contributed by atoms with Crippen molar-refractivity contribution in [3.63, 3.8) is 0 Å². The molecular weight excluding hydrogens is 328 g/mol. The monoisotopic (exact) mass is 354 g/mol. The quantitative estimate of drug-likeness (QED) is 0.181. The van der Waals surface area contributed by atoms with Crippen LogP contribution in [-0.2, 0) is 38.2 Å². The Morgan fingerprint density at radius 2 is 1.12 bits per heavy atom. The van der Waals surface area contributed by atoms with E-state index in [1.807, 2.05) is 0 Å². The van der Waals surface area contributed by atoms with E-state index in [-0.39, 0.29) is 26.4 Å². The molecular formula is C14H26O10. The highest BCUT2D eigenvalue weighted by molar-refractivity contribution is 5.76. The van der Waals surface area contributed by atoms with Gasteiger partial charge in [-0.25, -0.2) is 9.59 Å². The van der Waals surface area contributed by atoms with Crippen molar-refractivity contribution in [3.8, 4) is 0 Å². The normalized spacial score (nSPS) is 11.9. The molecule has 0 atom stereocenters. The summed E-state index contributed by atoms with van der Waals surface area (Å²) in [5.41, 5.74) is 0. The Kier molecular flexibility index (Phi) is 10.5. The first-order valence-corrected chi connectivity index (χ1v) is 7.60. The summed E-state index contributed by atoms with van der Waals surface area (Å²) in [4.78, 5) is 32.1. The van der Waals surface area contributed by atoms with Gasteiger partial charge in [-0.05, 0) is 27.7 Å². The van der Waals surface area contributed by atoms with Gasteiger partial charge in [-0.1, -0.05) is 0 Å². The van der Waals surface area contributed by atoms with Crippen molar-refractivity contribution in [2.45, 2.75) is 53.5 Å². The average molecular weight is 354 g/mol. The fraction of sp³-hybridized carbons (Fsp3) is 0.857. The Bertz CT molecular complexity index is 372. The lowest BCUT2D eigenvalue weighted by atomic mass is 10.6. The van der Waals surface area contributed by atoms with Crippen molar-refractivity contribution in [2.24, 2.45) is 0 Å². The molecule has 0 aliphatic carbocycles. The van der Waals surface area contributed by atoms with Crippen LogP contribution in [0, 0.1) is 0 Å². The zero-order valence-electron chi connectivity index (χ0n) is 14.9. The second-order valence-electron chi connectivity index (χ2n) is 4.33. The molecule has 0 unspecified atom stereocenters. The van der Waals surface area contributed by atoms with Gasteiger partial charge in [0.2, 0.25) is 0 Å². The minimum absolute atomic E-state index is 0.207. The summed E-state index contributed by atoms with van der Waals surface area (Å²) in [6.45, 7) is 10.4. The van der Waals surface area contributed by atoms with Gasteiger partial charge in [-0.2, -0.15) is 0 Å². The van der Waals surface area contributed by atoms with Gasteiger partial charge in [0.15, 0.2) is 0 Å². The highest BCUT2D eigenvalue weighted by atomic mass is 17.3. The third kappa shape index (κ3) is 8.99. The van der Waals surface area contributed by atoms with Crippen LogP contribution in [0.4, 0.5) is 9.59 Å². The molecule has 0 radical (unpaired) electrons. The second kappa shape index (κ2) is 11.2. The van der Waals surface area contributed by atoms with Crippen molar-refractivity contribution in [2.75, 3.05) is 26.4 Å². The molecule has 0 N–H and O–H groups in total. The highest BCUT2D eigenvalue weighted by Gasteiger charge is 2.34. The fourth-order valence-electron chi connectivity index (χ4n) is 1.61. The van der Waals surface area contributed by atoms with Crippen molar-refractivity contribution >= 4 is 12.3 Å². The van der Waals surface area contributed by atoms with Crippen LogP contribution in [0.1, 0.15) is 41.5 Å². The van der Waals surface area contributed by atoms with E-state index >= 15 is 0 Å². The maximum Gasteiger partial charge on any atom is 0.551 e. The van der Waals surface area contributed by atoms with E-state index in [2.05, 4.69) is 9.62 Å². The van der Waals surface area contributed by atoms with E-state index in [0.29, 0.717) is 0 Å². The first-order valence-electron chi connectivity index (χ1n) is 7.60. The van der Waals surface area contributed by atoms with Gasteiger partial charge in [0.05, 0.1) is 13.2 Å². The third-order valence-electron chi connectivity index (χ3n) is 2.32. The van der Waals surface area contributed by atoms with Crippen LogP contribution in [-0.4, -0.2) is 50.7 Å². The zero-order valence-corrected chi connectivity index (χ0v) is 14.9. The van der Waals surface area contributed by atoms with E-state index in [0.717, 1.165) is 0 Å². The summed E-state index contributed by atoms with van der Waals surface area (Å²) in [5, 5.41) is 0. The average Bonchev–Trinajstić information content (AvgIpc) is 2.46. The molecule has 0 fully saturated rings. The molecule has 0 saturated carbocycles. The Labute approximate surface area is 141 Å². The molecule has 0 heterocycles. The Hall–Kier alpha value is -1.46. The van der Waals surface area contributed by atoms with Gasteiger partial charge in [0.25, 0.3) is 0 Å². The molecule has 10 heteroatoms. The number of ether oxygens (including phenoxy) is 6. The van der Waals surface area contributed by atoms with Gasteiger partial charge in [-0.3, -0.25) is 4.89 Å². The van der Waals surface area contributed by atoms with Crippen LogP contribution in [0.15, 0.2) is 0 Å². The summed E-state index contributed by atoms with van der Waals surface area (Å²) in [7, 11) is 0. The van der Waals surface area contributed by atoms with Gasteiger partial charge < -0.3 is 28.4 Å². The number of rotatable bonds is 11. The molecule has 24 heavy (non-hydrogen) atoms. The van der Waals surface area contributed by atoms with Crippen LogP contribution < -0.4 is 0 Å². The Morgan fingerprint density at radius 3 is 1.54 bits per heavy atom. The smallest absolute Gasteiger partial charge is 0.376 e. The van der Waals surface area contributed by atoms with Gasteiger partial charge in [0.1, 0.15) is 0 Å². The zero-order chi connectivity index (χ0) is 18.6. The van der Waals surface area contributed by atoms with Crippen LogP contribution >= 0.6 is 0 Å². The number of carbonyl (C=O) groups is 2. The summed E-state index contributed by atoms with van der Waals surface area (Å²) in [5.74, 6) is -3.32. The molecule has 0 aromatic rings. The van der Waals surface area contributed by atoms with Gasteiger partial charge in [0, 0.05) is 27.1 Å². The van der Waals surface area contributed by atoms with E-state index in [9.17, 15) is 9.59 Å². The standard InChI is InChI=1S/C14H26O10/c1-7-17-13(5,18-8-2)22-11(15)21-12(16)23-24-14(6,19-9-3)20-10-4/h7-10H2,1-6H3. The lowest BCUT2D eigenvalue weighted by Crippen LogP contribution is -2.39. The largest absolute Gasteiger partial charge is 0.551 e. The number of hydrogen-bond acceptors (Lipinski definition) is 10. The minimum atomic E-state index is -1.69. The van der Waals surface area contributed by atoms with Crippen molar-refractivity contribution in [1.82, 2.24) is 0 Å². The SMILES string of the molecule is CCOC(C)(OCC)OOC(=O)OC(=O)OC(C)(OCC)OCC. The van der Waals surface area contributed by atoms with Crippen molar-refractivity contribution < 1.29 is 47.8 Å². The molecule has 0 aliphatic heterocycles. The molecule has 0 rings (SSSR count). The number of carbonyl (C=O) groups excluding carboxylic acids is 2. The van der Waals surface area contributed by atoms with E-state index in [1.54, 1.807) is 27.7 Å². The van der Waals surface area contributed by atoms with E-state index in [4.69, 9.17) is 28.6 Å². The van der Waals surface area contributed by atoms with Gasteiger partial charge >= 0.3 is 24.3 Å². The van der Waals surface area contributed by atoms with Crippen molar-refractivity contribution in [3.05, 3.63) is 0 Å². The lowest BCUT2D eigenvalue weighted by molar-refractivity contribution is -0.479. The van der Waals surface area contributed by atoms with Crippen molar-refractivity contribution in [1.29, 1.82) is 0 Å². The number of hydrogen-bond donors (Lipinski definition) is 0. The molecule has 0 aliphatic rings. The highest BCUT2D eigenvalue weighted by Crippen LogP contribution is 2.17. The van der Waals surface area contributed by atoms with Crippen LogP contribution in [0.25, 0.3) is 0 Å². The van der Waals surface area contributed by atoms with Crippen LogP contribution in [0.2, 0.25) is 0 Å². The predicted octanol–water partition coefficient (Wildman–Crippen LogP) is 2.70. The van der Waals surface area contributed by atoms with E-state index < -0.39 is 24.3 Å². The molecule has 0 bridgehead atoms. The predicted molar refractivity (Wildman–Crippen MR) is 78.4 cm³/mol. The topological polar surface area (TPSA) is 108 Å². The van der Waals surface area contributed by atoms with Gasteiger partial charge in [-0.15, -0.1) is 4.89 Å². The summed E-state index contributed by atoms with van der Waals surface area (Å²) >= 11 is 0. The second-order valence-corrected chi connectivity index (χ2v) is 4.33. The first kappa shape index (κ1) is 22.5. The van der Waals surface area contributed by atoms with Crippen LogP contribution in [0.3, 0.4) is 0 Å². The molecule has 0 aromatic heterocycles. The Balaban J connectivity index is 4.46. The molecule has 10 nitrogen and oxygen atoms in total. The Morgan fingerprint density at radius 1 is 0.708 bits per heavy atom.